The summed E-state index contributed by atoms with van der Waals surface area (Å²) in [4.78, 5) is 4.25. The highest BCUT2D eigenvalue weighted by molar-refractivity contribution is 5.79. The van der Waals surface area contributed by atoms with Crippen LogP contribution in [-0.2, 0) is 19.6 Å². The number of benzene rings is 2. The molecule has 2 aromatic carbocycles. The molecule has 3 aromatic rings. The minimum absolute atomic E-state index is 0.237. The number of guanidine groups is 1. The van der Waals surface area contributed by atoms with Crippen LogP contribution in [0.25, 0.3) is 0 Å². The lowest BCUT2D eigenvalue weighted by Crippen LogP contribution is -2.36. The van der Waals surface area contributed by atoms with E-state index in [1.807, 2.05) is 35.9 Å². The van der Waals surface area contributed by atoms with Gasteiger partial charge in [-0.05, 0) is 37.1 Å². The fraction of sp³-hybridized carbons (Fsp3) is 0.273. The summed E-state index contributed by atoms with van der Waals surface area (Å²) in [6, 6.07) is 16.8. The normalized spacial score (nSPS) is 11.5. The Labute approximate surface area is 165 Å². The van der Waals surface area contributed by atoms with Crippen molar-refractivity contribution in [2.75, 3.05) is 7.05 Å². The molecule has 0 radical (unpaired) electrons. The predicted molar refractivity (Wildman–Crippen MR) is 111 cm³/mol. The highest BCUT2D eigenvalue weighted by Gasteiger charge is 2.12. The number of rotatable bonds is 6. The number of aromatic nitrogens is 2. The highest BCUT2D eigenvalue weighted by atomic mass is 19.1. The van der Waals surface area contributed by atoms with Gasteiger partial charge in [0.2, 0.25) is 0 Å². The monoisotopic (exact) mass is 379 g/mol. The molecule has 6 heteroatoms. The zero-order valence-electron chi connectivity index (χ0n) is 16.5. The third-order valence-corrected chi connectivity index (χ3v) is 4.71. The molecule has 0 bridgehead atoms. The van der Waals surface area contributed by atoms with Crippen LogP contribution in [0.3, 0.4) is 0 Å². The van der Waals surface area contributed by atoms with Crippen molar-refractivity contribution in [1.82, 2.24) is 20.4 Å². The molecule has 5 nitrogen and oxygen atoms in total. The second-order valence-corrected chi connectivity index (χ2v) is 6.70. The Kier molecular flexibility index (Phi) is 6.42. The van der Waals surface area contributed by atoms with Gasteiger partial charge in [-0.15, -0.1) is 0 Å². The van der Waals surface area contributed by atoms with Gasteiger partial charge in [-0.2, -0.15) is 5.10 Å². The van der Waals surface area contributed by atoms with Gasteiger partial charge in [0.05, 0.1) is 12.2 Å². The zero-order chi connectivity index (χ0) is 19.9. The summed E-state index contributed by atoms with van der Waals surface area (Å²) in [5, 5.41) is 11.2. The van der Waals surface area contributed by atoms with Crippen LogP contribution in [0.1, 0.15) is 28.1 Å². The fourth-order valence-corrected chi connectivity index (χ4v) is 3.13. The Balaban J connectivity index is 1.61. The minimum atomic E-state index is -0.237. The molecule has 0 aliphatic rings. The molecular weight excluding hydrogens is 353 g/mol. The SMILES string of the molecule is CN=C(NCc1cccc(F)c1)NCc1c(C)nn(Cc2ccccc2)c1C. The lowest BCUT2D eigenvalue weighted by molar-refractivity contribution is 0.624. The number of aryl methyl sites for hydroxylation is 1. The first-order valence-electron chi connectivity index (χ1n) is 9.32. The van der Waals surface area contributed by atoms with Crippen molar-refractivity contribution >= 4 is 5.96 Å². The highest BCUT2D eigenvalue weighted by Crippen LogP contribution is 2.14. The molecule has 0 spiro atoms. The summed E-state index contributed by atoms with van der Waals surface area (Å²) >= 11 is 0. The molecule has 28 heavy (non-hydrogen) atoms. The molecule has 3 rings (SSSR count). The van der Waals surface area contributed by atoms with E-state index in [9.17, 15) is 4.39 Å². The number of halogens is 1. The number of nitrogens with zero attached hydrogens (tertiary/aromatic N) is 3. The Hall–Kier alpha value is -3.15. The second kappa shape index (κ2) is 9.17. The Bertz CT molecular complexity index is 947. The summed E-state index contributed by atoms with van der Waals surface area (Å²) in [6.45, 7) is 5.98. The van der Waals surface area contributed by atoms with E-state index in [0.29, 0.717) is 19.0 Å². The van der Waals surface area contributed by atoms with Crippen LogP contribution in [0.5, 0.6) is 0 Å². The van der Waals surface area contributed by atoms with E-state index >= 15 is 0 Å². The van der Waals surface area contributed by atoms with E-state index in [1.165, 1.54) is 17.7 Å². The number of hydrogen-bond donors (Lipinski definition) is 2. The number of aliphatic imine (C=N–C) groups is 1. The maximum absolute atomic E-state index is 13.3. The smallest absolute Gasteiger partial charge is 0.191 e. The van der Waals surface area contributed by atoms with Gasteiger partial charge in [0, 0.05) is 31.4 Å². The lowest BCUT2D eigenvalue weighted by Gasteiger charge is -2.12. The maximum Gasteiger partial charge on any atom is 0.191 e. The first-order chi connectivity index (χ1) is 13.6. The van der Waals surface area contributed by atoms with E-state index in [1.54, 1.807) is 13.1 Å². The van der Waals surface area contributed by atoms with Gasteiger partial charge < -0.3 is 10.6 Å². The standard InChI is InChI=1S/C22H26FN5/c1-16-21(17(2)28(27-16)15-18-8-5-4-6-9-18)14-26-22(24-3)25-13-19-10-7-11-20(23)12-19/h4-12H,13-15H2,1-3H3,(H2,24,25,26). The van der Waals surface area contributed by atoms with Crippen LogP contribution in [0.2, 0.25) is 0 Å². The van der Waals surface area contributed by atoms with Crippen molar-refractivity contribution in [3.8, 4) is 0 Å². The molecule has 0 atom stereocenters. The van der Waals surface area contributed by atoms with E-state index in [-0.39, 0.29) is 5.82 Å². The van der Waals surface area contributed by atoms with Crippen LogP contribution < -0.4 is 10.6 Å². The van der Waals surface area contributed by atoms with Crippen LogP contribution in [0.4, 0.5) is 4.39 Å². The first-order valence-corrected chi connectivity index (χ1v) is 9.32. The number of hydrogen-bond acceptors (Lipinski definition) is 2. The Morgan fingerprint density at radius 3 is 2.43 bits per heavy atom. The predicted octanol–water partition coefficient (Wildman–Crippen LogP) is 3.55. The summed E-state index contributed by atoms with van der Waals surface area (Å²) in [5.74, 6) is 0.429. The van der Waals surface area contributed by atoms with Crippen molar-refractivity contribution in [2.24, 2.45) is 4.99 Å². The molecule has 0 fully saturated rings. The maximum atomic E-state index is 13.3. The van der Waals surface area contributed by atoms with E-state index in [0.717, 1.165) is 29.1 Å². The zero-order valence-corrected chi connectivity index (χ0v) is 16.5. The molecule has 1 heterocycles. The summed E-state index contributed by atoms with van der Waals surface area (Å²) < 4.78 is 15.3. The Morgan fingerprint density at radius 2 is 1.71 bits per heavy atom. The van der Waals surface area contributed by atoms with E-state index in [4.69, 9.17) is 0 Å². The Morgan fingerprint density at radius 1 is 1.00 bits per heavy atom. The quantitative estimate of drug-likeness (QED) is 0.509. The van der Waals surface area contributed by atoms with Crippen molar-refractivity contribution < 1.29 is 4.39 Å². The average molecular weight is 379 g/mol. The molecule has 2 N–H and O–H groups in total. The van der Waals surface area contributed by atoms with E-state index < -0.39 is 0 Å². The number of nitrogens with one attached hydrogen (secondary N) is 2. The molecule has 0 aliphatic heterocycles. The van der Waals surface area contributed by atoms with Crippen LogP contribution in [-0.4, -0.2) is 22.8 Å². The molecule has 0 amide bonds. The topological polar surface area (TPSA) is 54.2 Å². The van der Waals surface area contributed by atoms with Gasteiger partial charge in [-0.1, -0.05) is 42.5 Å². The van der Waals surface area contributed by atoms with Crippen LogP contribution in [0, 0.1) is 19.7 Å². The summed E-state index contributed by atoms with van der Waals surface area (Å²) in [5.41, 5.74) is 5.38. The van der Waals surface area contributed by atoms with Crippen molar-refractivity contribution in [3.63, 3.8) is 0 Å². The van der Waals surface area contributed by atoms with Crippen LogP contribution >= 0.6 is 0 Å². The third kappa shape index (κ3) is 4.97. The average Bonchev–Trinajstić information content (AvgIpc) is 2.96. The molecule has 0 saturated heterocycles. The van der Waals surface area contributed by atoms with Gasteiger partial charge in [0.15, 0.2) is 5.96 Å². The fourth-order valence-electron chi connectivity index (χ4n) is 3.13. The minimum Gasteiger partial charge on any atom is -0.352 e. The first kappa shape index (κ1) is 19.6. The van der Waals surface area contributed by atoms with Crippen molar-refractivity contribution in [3.05, 3.63) is 88.5 Å². The van der Waals surface area contributed by atoms with Crippen LogP contribution in [0.15, 0.2) is 59.6 Å². The van der Waals surface area contributed by atoms with Crippen molar-refractivity contribution in [1.29, 1.82) is 0 Å². The summed E-state index contributed by atoms with van der Waals surface area (Å²) in [6.07, 6.45) is 0. The molecule has 146 valence electrons. The second-order valence-electron chi connectivity index (χ2n) is 6.70. The summed E-state index contributed by atoms with van der Waals surface area (Å²) in [7, 11) is 1.72. The third-order valence-electron chi connectivity index (χ3n) is 4.71. The van der Waals surface area contributed by atoms with Gasteiger partial charge >= 0.3 is 0 Å². The van der Waals surface area contributed by atoms with Gasteiger partial charge in [0.1, 0.15) is 5.82 Å². The molecule has 1 aromatic heterocycles. The largest absolute Gasteiger partial charge is 0.352 e. The molecule has 0 saturated carbocycles. The van der Waals surface area contributed by atoms with Gasteiger partial charge in [0.25, 0.3) is 0 Å². The van der Waals surface area contributed by atoms with Gasteiger partial charge in [-0.3, -0.25) is 9.67 Å². The molecular formula is C22H26FN5. The van der Waals surface area contributed by atoms with E-state index in [2.05, 4.69) is 39.8 Å². The lowest BCUT2D eigenvalue weighted by atomic mass is 10.2. The molecule has 0 unspecified atom stereocenters. The van der Waals surface area contributed by atoms with Crippen molar-refractivity contribution in [2.45, 2.75) is 33.5 Å². The van der Waals surface area contributed by atoms with Gasteiger partial charge in [-0.25, -0.2) is 4.39 Å². The molecule has 0 aliphatic carbocycles.